The molecule has 0 unspecified atom stereocenters. The Morgan fingerprint density at radius 3 is 1.50 bits per heavy atom. The summed E-state index contributed by atoms with van der Waals surface area (Å²) >= 11 is 0. The van der Waals surface area contributed by atoms with Crippen LogP contribution in [-0.2, 0) is 13.1 Å². The molecule has 1 fully saturated rings. The topological polar surface area (TPSA) is 27.3 Å². The molecule has 0 aromatic heterocycles. The molecule has 24 heavy (non-hydrogen) atoms. The van der Waals surface area contributed by atoms with Gasteiger partial charge >= 0.3 is 0 Å². The molecule has 0 aliphatic carbocycles. The third-order valence-electron chi connectivity index (χ3n) is 4.84. The van der Waals surface area contributed by atoms with Crippen LogP contribution < -0.4 is 19.3 Å². The summed E-state index contributed by atoms with van der Waals surface area (Å²) in [6.07, 6.45) is 0. The Hall–Kier alpha value is -2.04. The summed E-state index contributed by atoms with van der Waals surface area (Å²) in [5, 5.41) is 0. The Labute approximate surface area is 144 Å². The number of hydrogen-bond donors (Lipinski definition) is 2. The van der Waals surface area contributed by atoms with Crippen molar-refractivity contribution < 1.29 is 19.3 Å². The molecule has 0 spiro atoms. The fourth-order valence-electron chi connectivity index (χ4n) is 3.45. The van der Waals surface area contributed by atoms with Crippen molar-refractivity contribution >= 4 is 0 Å². The van der Waals surface area contributed by atoms with Gasteiger partial charge in [-0.2, -0.15) is 0 Å². The maximum Gasteiger partial charge on any atom is 0.127 e. The lowest BCUT2D eigenvalue weighted by Gasteiger charge is -2.30. The molecule has 2 aromatic rings. The van der Waals surface area contributed by atoms with Crippen molar-refractivity contribution in [2.24, 2.45) is 0 Å². The predicted molar refractivity (Wildman–Crippen MR) is 94.8 cm³/mol. The van der Waals surface area contributed by atoms with Crippen LogP contribution in [0.3, 0.4) is 0 Å². The molecule has 1 saturated heterocycles. The normalized spacial score (nSPS) is 20.6. The maximum absolute atomic E-state index is 5.32. The number of methoxy groups -OCH3 is 2. The second kappa shape index (κ2) is 8.18. The third kappa shape index (κ3) is 4.49. The van der Waals surface area contributed by atoms with Gasteiger partial charge in [0.25, 0.3) is 0 Å². The summed E-state index contributed by atoms with van der Waals surface area (Å²) in [6, 6.07) is 16.9. The Bertz CT molecular complexity index is 594. The molecule has 4 heteroatoms. The van der Waals surface area contributed by atoms with Gasteiger partial charge in [0, 0.05) is 11.1 Å². The molecule has 128 valence electrons. The molecule has 1 heterocycles. The lowest BCUT2D eigenvalue weighted by Crippen LogP contribution is -3.27. The molecule has 4 nitrogen and oxygen atoms in total. The highest BCUT2D eigenvalue weighted by Crippen LogP contribution is 2.12. The first-order valence-electron chi connectivity index (χ1n) is 8.70. The summed E-state index contributed by atoms with van der Waals surface area (Å²) < 4.78 is 10.6. The zero-order valence-corrected chi connectivity index (χ0v) is 14.7. The van der Waals surface area contributed by atoms with Gasteiger partial charge in [-0.15, -0.1) is 0 Å². The van der Waals surface area contributed by atoms with E-state index in [-0.39, 0.29) is 0 Å². The van der Waals surface area contributed by atoms with Gasteiger partial charge in [-0.1, -0.05) is 24.3 Å². The van der Waals surface area contributed by atoms with E-state index in [9.17, 15) is 0 Å². The zero-order valence-electron chi connectivity index (χ0n) is 14.7. The zero-order chi connectivity index (χ0) is 16.8. The molecule has 0 atom stereocenters. The first-order chi connectivity index (χ1) is 11.8. The molecular weight excluding hydrogens is 300 g/mol. The van der Waals surface area contributed by atoms with E-state index in [1.54, 1.807) is 24.0 Å². The Balaban J connectivity index is 1.50. The van der Waals surface area contributed by atoms with Crippen LogP contribution in [0.2, 0.25) is 0 Å². The average molecular weight is 328 g/mol. The van der Waals surface area contributed by atoms with Crippen molar-refractivity contribution in [3.63, 3.8) is 0 Å². The first-order valence-corrected chi connectivity index (χ1v) is 8.70. The minimum atomic E-state index is 0.953. The second-order valence-corrected chi connectivity index (χ2v) is 6.56. The highest BCUT2D eigenvalue weighted by Gasteiger charge is 2.23. The van der Waals surface area contributed by atoms with Gasteiger partial charge in [0.15, 0.2) is 0 Å². The number of nitrogens with one attached hydrogen (secondary N) is 2. The smallest absolute Gasteiger partial charge is 0.127 e. The molecule has 2 N–H and O–H groups in total. The number of ether oxygens (including phenoxy) is 2. The summed E-state index contributed by atoms with van der Waals surface area (Å²) in [4.78, 5) is 3.33. The quantitative estimate of drug-likeness (QED) is 0.792. The van der Waals surface area contributed by atoms with E-state index in [1.807, 2.05) is 12.1 Å². The Morgan fingerprint density at radius 2 is 1.12 bits per heavy atom. The van der Waals surface area contributed by atoms with Crippen molar-refractivity contribution in [1.82, 2.24) is 0 Å². The van der Waals surface area contributed by atoms with Gasteiger partial charge in [-0.3, -0.25) is 0 Å². The summed E-state index contributed by atoms with van der Waals surface area (Å²) in [7, 11) is 3.46. The maximum atomic E-state index is 5.32. The molecule has 0 bridgehead atoms. The van der Waals surface area contributed by atoms with Crippen LogP contribution in [0, 0.1) is 0 Å². The lowest BCUT2D eigenvalue weighted by atomic mass is 10.1. The largest absolute Gasteiger partial charge is 0.497 e. The first kappa shape index (κ1) is 16.8. The van der Waals surface area contributed by atoms with Gasteiger partial charge in [0.2, 0.25) is 0 Å². The average Bonchev–Trinajstić information content (AvgIpc) is 2.64. The van der Waals surface area contributed by atoms with Crippen molar-refractivity contribution in [2.45, 2.75) is 13.1 Å². The standard InChI is InChI=1S/C20H26N2O2/c1-23-19-7-3-5-17(13-19)15-21-9-11-22(12-10-21)16-18-6-4-8-20(14-18)24-2/h3-8,13-14H,9-12,15-16H2,1-2H3/p+2. The number of benzene rings is 2. The molecule has 3 rings (SSSR count). The second-order valence-electron chi connectivity index (χ2n) is 6.56. The summed E-state index contributed by atoms with van der Waals surface area (Å²) in [6.45, 7) is 7.05. The van der Waals surface area contributed by atoms with E-state index in [4.69, 9.17) is 9.47 Å². The van der Waals surface area contributed by atoms with E-state index < -0.39 is 0 Å². The third-order valence-corrected chi connectivity index (χ3v) is 4.84. The number of piperazine rings is 1. The Kier molecular flexibility index (Phi) is 5.72. The lowest BCUT2D eigenvalue weighted by molar-refractivity contribution is -1.02. The number of rotatable bonds is 6. The van der Waals surface area contributed by atoms with Crippen molar-refractivity contribution in [3.8, 4) is 11.5 Å². The van der Waals surface area contributed by atoms with E-state index in [0.717, 1.165) is 24.6 Å². The van der Waals surface area contributed by atoms with Crippen LogP contribution in [0.15, 0.2) is 48.5 Å². The highest BCUT2D eigenvalue weighted by atomic mass is 16.5. The highest BCUT2D eigenvalue weighted by molar-refractivity contribution is 5.28. The van der Waals surface area contributed by atoms with E-state index in [1.165, 1.54) is 37.3 Å². The monoisotopic (exact) mass is 328 g/mol. The fourth-order valence-corrected chi connectivity index (χ4v) is 3.45. The molecule has 2 aromatic carbocycles. The van der Waals surface area contributed by atoms with Crippen molar-refractivity contribution in [3.05, 3.63) is 59.7 Å². The predicted octanol–water partition coefficient (Wildman–Crippen LogP) is 0.187. The molecule has 0 amide bonds. The SMILES string of the molecule is COc1cccc(C[NH+]2CC[NH+](Cc3cccc(OC)c3)CC2)c1. The van der Waals surface area contributed by atoms with E-state index >= 15 is 0 Å². The van der Waals surface area contributed by atoms with Gasteiger partial charge in [-0.05, 0) is 24.3 Å². The summed E-state index contributed by atoms with van der Waals surface area (Å²) in [5.74, 6) is 1.91. The Morgan fingerprint density at radius 1 is 0.708 bits per heavy atom. The van der Waals surface area contributed by atoms with Crippen LogP contribution in [0.5, 0.6) is 11.5 Å². The molecule has 0 saturated carbocycles. The van der Waals surface area contributed by atoms with Crippen LogP contribution in [0.25, 0.3) is 0 Å². The van der Waals surface area contributed by atoms with Gasteiger partial charge in [-0.25, -0.2) is 0 Å². The molecular formula is C20H28N2O2+2. The fraction of sp³-hybridized carbons (Fsp3) is 0.400. The van der Waals surface area contributed by atoms with Gasteiger partial charge in [0.1, 0.15) is 50.8 Å². The van der Waals surface area contributed by atoms with Crippen molar-refractivity contribution in [2.75, 3.05) is 40.4 Å². The minimum Gasteiger partial charge on any atom is -0.497 e. The van der Waals surface area contributed by atoms with Crippen molar-refractivity contribution in [1.29, 1.82) is 0 Å². The van der Waals surface area contributed by atoms with Crippen LogP contribution in [0.4, 0.5) is 0 Å². The van der Waals surface area contributed by atoms with Crippen LogP contribution >= 0.6 is 0 Å². The van der Waals surface area contributed by atoms with Crippen LogP contribution in [0.1, 0.15) is 11.1 Å². The van der Waals surface area contributed by atoms with Gasteiger partial charge in [0.05, 0.1) is 14.2 Å². The minimum absolute atomic E-state index is 0.953. The molecule has 1 aliphatic heterocycles. The summed E-state index contributed by atoms with van der Waals surface area (Å²) in [5.41, 5.74) is 2.72. The van der Waals surface area contributed by atoms with E-state index in [0.29, 0.717) is 0 Å². The molecule has 0 radical (unpaired) electrons. The van der Waals surface area contributed by atoms with Gasteiger partial charge < -0.3 is 19.3 Å². The number of hydrogen-bond acceptors (Lipinski definition) is 2. The van der Waals surface area contributed by atoms with E-state index in [2.05, 4.69) is 36.4 Å². The van der Waals surface area contributed by atoms with Crippen LogP contribution in [-0.4, -0.2) is 40.4 Å². The molecule has 1 aliphatic rings. The number of quaternary nitrogens is 2.